The number of ketones is 1. The molecule has 26 heavy (non-hydrogen) atoms. The molecule has 7 nitrogen and oxygen atoms in total. The maximum absolute atomic E-state index is 14.5. The number of carbonyl (C=O) groups excluding carboxylic acids is 2. The normalized spacial score (nSPS) is 14.9. The van der Waals surface area contributed by atoms with Crippen molar-refractivity contribution < 1.29 is 32.1 Å². The van der Waals surface area contributed by atoms with Crippen LogP contribution in [0.2, 0.25) is 0 Å². The average Bonchev–Trinajstić information content (AvgIpc) is 2.92. The molecule has 0 heterocycles. The van der Waals surface area contributed by atoms with Crippen LogP contribution >= 0.6 is 23.8 Å². The van der Waals surface area contributed by atoms with Gasteiger partial charge in [0.1, 0.15) is 6.04 Å². The number of benzene rings is 1. The van der Waals surface area contributed by atoms with E-state index in [-0.39, 0.29) is 41.1 Å². The van der Waals surface area contributed by atoms with E-state index in [1.807, 2.05) is 0 Å². The summed E-state index contributed by atoms with van der Waals surface area (Å²) >= 11 is 3.11. The van der Waals surface area contributed by atoms with Crippen molar-refractivity contribution in [2.75, 3.05) is 18.5 Å². The Labute approximate surface area is 159 Å². The molecule has 1 aromatic rings. The maximum Gasteiger partial charge on any atom is 0.532 e. The third kappa shape index (κ3) is 4.52. The second kappa shape index (κ2) is 8.61. The molecule has 2 rings (SSSR count). The molecule has 0 aliphatic heterocycles. The Morgan fingerprint density at radius 2 is 1.96 bits per heavy atom. The van der Waals surface area contributed by atoms with E-state index in [1.54, 1.807) is 19.9 Å². The van der Waals surface area contributed by atoms with Crippen LogP contribution in [0.25, 0.3) is 0 Å². The molecule has 0 saturated carbocycles. The molecule has 1 aliphatic carbocycles. The fourth-order valence-electron chi connectivity index (χ4n) is 2.57. The standard InChI is InChI=1S/C16H20BrFNO6P/c1-4-23-26(22,24-5-2)25-16(21)9(3)19-15-13-10(6-7-12(13)20)8-11(17)14(15)18/h8-9,19H,4-7H2,1-3H3. The van der Waals surface area contributed by atoms with Gasteiger partial charge >= 0.3 is 13.8 Å². The van der Waals surface area contributed by atoms with Crippen molar-refractivity contribution in [3.63, 3.8) is 0 Å². The second-order valence-electron chi connectivity index (χ2n) is 5.56. The van der Waals surface area contributed by atoms with Crippen molar-refractivity contribution in [1.82, 2.24) is 0 Å². The molecule has 0 amide bonds. The van der Waals surface area contributed by atoms with Gasteiger partial charge in [-0.15, -0.1) is 0 Å². The molecule has 1 aromatic carbocycles. The monoisotopic (exact) mass is 451 g/mol. The smallest absolute Gasteiger partial charge is 0.369 e. The molecule has 0 bridgehead atoms. The summed E-state index contributed by atoms with van der Waals surface area (Å²) in [5.74, 6) is -1.84. The van der Waals surface area contributed by atoms with Crippen molar-refractivity contribution in [2.24, 2.45) is 0 Å². The first-order chi connectivity index (χ1) is 12.2. The number of hydrogen-bond donors (Lipinski definition) is 1. The molecular formula is C16H20BrFNO6P. The Morgan fingerprint density at radius 1 is 1.35 bits per heavy atom. The fraction of sp³-hybridized carbons (Fsp3) is 0.500. The lowest BCUT2D eigenvalue weighted by Gasteiger charge is -2.21. The molecule has 144 valence electrons. The largest absolute Gasteiger partial charge is 0.532 e. The van der Waals surface area contributed by atoms with Gasteiger partial charge in [-0.05, 0) is 54.8 Å². The molecule has 0 fully saturated rings. The van der Waals surface area contributed by atoms with Gasteiger partial charge in [0.05, 0.1) is 23.4 Å². The van der Waals surface area contributed by atoms with Gasteiger partial charge in [-0.2, -0.15) is 0 Å². The highest BCUT2D eigenvalue weighted by molar-refractivity contribution is 9.10. The first kappa shape index (κ1) is 21.0. The first-order valence-corrected chi connectivity index (χ1v) is 10.4. The minimum atomic E-state index is -4.04. The van der Waals surface area contributed by atoms with Gasteiger partial charge in [0.2, 0.25) is 0 Å². The zero-order valence-corrected chi connectivity index (χ0v) is 17.1. The van der Waals surface area contributed by atoms with Gasteiger partial charge in [-0.25, -0.2) is 13.8 Å². The summed E-state index contributed by atoms with van der Waals surface area (Å²) < 4.78 is 41.7. The highest BCUT2D eigenvalue weighted by atomic mass is 79.9. The average molecular weight is 452 g/mol. The number of phosphoric ester groups is 1. The predicted octanol–water partition coefficient (Wildman–Crippen LogP) is 4.24. The van der Waals surface area contributed by atoms with Gasteiger partial charge < -0.3 is 9.84 Å². The first-order valence-electron chi connectivity index (χ1n) is 8.15. The van der Waals surface area contributed by atoms with Crippen molar-refractivity contribution in [3.05, 3.63) is 27.5 Å². The number of fused-ring (bicyclic) bond motifs is 1. The number of aryl methyl sites for hydroxylation is 1. The summed E-state index contributed by atoms with van der Waals surface area (Å²) in [5, 5.41) is 2.66. The van der Waals surface area contributed by atoms with Gasteiger partial charge in [-0.3, -0.25) is 13.8 Å². The second-order valence-corrected chi connectivity index (χ2v) is 8.01. The van der Waals surface area contributed by atoms with E-state index in [4.69, 9.17) is 13.6 Å². The molecule has 1 aliphatic rings. The number of halogens is 2. The van der Waals surface area contributed by atoms with Crippen LogP contribution in [0.1, 0.15) is 43.1 Å². The zero-order chi connectivity index (χ0) is 19.5. The minimum absolute atomic E-state index is 0.0225. The maximum atomic E-state index is 14.5. The van der Waals surface area contributed by atoms with E-state index in [1.165, 1.54) is 6.92 Å². The SMILES string of the molecule is CCOP(=O)(OCC)OC(=O)C(C)Nc1c(F)c(Br)cc2c1C(=O)CC2. The van der Waals surface area contributed by atoms with Crippen molar-refractivity contribution in [2.45, 2.75) is 39.7 Å². The summed E-state index contributed by atoms with van der Waals surface area (Å²) in [6, 6.07) is 0.466. The highest BCUT2D eigenvalue weighted by Gasteiger charge is 2.34. The van der Waals surface area contributed by atoms with E-state index >= 15 is 0 Å². The van der Waals surface area contributed by atoms with Gasteiger partial charge in [0, 0.05) is 12.0 Å². The van der Waals surface area contributed by atoms with Gasteiger partial charge in [-0.1, -0.05) is 0 Å². The lowest BCUT2D eigenvalue weighted by Crippen LogP contribution is -2.29. The van der Waals surface area contributed by atoms with Crippen molar-refractivity contribution in [3.8, 4) is 0 Å². The van der Waals surface area contributed by atoms with Crippen LogP contribution in [-0.4, -0.2) is 31.0 Å². The Kier molecular flexibility index (Phi) is 6.96. The van der Waals surface area contributed by atoms with E-state index in [2.05, 4.69) is 21.2 Å². The van der Waals surface area contributed by atoms with E-state index in [0.29, 0.717) is 12.0 Å². The Hall–Kier alpha value is -1.28. The predicted molar refractivity (Wildman–Crippen MR) is 96.8 cm³/mol. The fourth-order valence-corrected chi connectivity index (χ4v) is 4.24. The number of Topliss-reactive ketones (excluding diaryl/α,β-unsaturated/α-hetero) is 1. The van der Waals surface area contributed by atoms with Crippen LogP contribution in [-0.2, 0) is 29.4 Å². The summed E-state index contributed by atoms with van der Waals surface area (Å²) in [5.41, 5.74) is 0.841. The van der Waals surface area contributed by atoms with Crippen LogP contribution in [0.5, 0.6) is 0 Å². The van der Waals surface area contributed by atoms with Gasteiger partial charge in [0.25, 0.3) is 0 Å². The van der Waals surface area contributed by atoms with E-state index in [9.17, 15) is 18.5 Å². The topological polar surface area (TPSA) is 90.9 Å². The molecule has 0 saturated heterocycles. The molecule has 10 heteroatoms. The number of anilines is 1. The van der Waals surface area contributed by atoms with Crippen LogP contribution < -0.4 is 5.32 Å². The third-order valence-electron chi connectivity index (χ3n) is 3.69. The zero-order valence-electron chi connectivity index (χ0n) is 14.6. The van der Waals surface area contributed by atoms with Crippen molar-refractivity contribution in [1.29, 1.82) is 0 Å². The number of carbonyl (C=O) groups is 2. The lowest BCUT2D eigenvalue weighted by atomic mass is 10.1. The molecule has 1 unspecified atom stereocenters. The number of rotatable bonds is 8. The van der Waals surface area contributed by atoms with E-state index in [0.717, 1.165) is 0 Å². The Bertz CT molecular complexity index is 762. The Morgan fingerprint density at radius 3 is 2.54 bits per heavy atom. The summed E-state index contributed by atoms with van der Waals surface area (Å²) in [4.78, 5) is 24.3. The quantitative estimate of drug-likeness (QED) is 0.590. The van der Waals surface area contributed by atoms with Gasteiger partial charge in [0.15, 0.2) is 11.6 Å². The van der Waals surface area contributed by atoms with Crippen LogP contribution in [0.3, 0.4) is 0 Å². The number of nitrogens with one attached hydrogen (secondary N) is 1. The molecule has 1 N–H and O–H groups in total. The van der Waals surface area contributed by atoms with E-state index < -0.39 is 25.7 Å². The number of hydrogen-bond acceptors (Lipinski definition) is 7. The molecule has 0 aromatic heterocycles. The highest BCUT2D eigenvalue weighted by Crippen LogP contribution is 2.49. The molecule has 0 radical (unpaired) electrons. The minimum Gasteiger partial charge on any atom is -0.369 e. The van der Waals surface area contributed by atoms with Crippen LogP contribution in [0.15, 0.2) is 10.5 Å². The molecule has 0 spiro atoms. The lowest BCUT2D eigenvalue weighted by molar-refractivity contribution is -0.136. The Balaban J connectivity index is 2.22. The summed E-state index contributed by atoms with van der Waals surface area (Å²) in [6.07, 6.45) is 0.785. The van der Waals surface area contributed by atoms with Crippen LogP contribution in [0.4, 0.5) is 10.1 Å². The van der Waals surface area contributed by atoms with Crippen molar-refractivity contribution >= 4 is 41.2 Å². The summed E-state index contributed by atoms with van der Waals surface area (Å²) in [7, 11) is -4.04. The number of phosphoric acid groups is 1. The van der Waals surface area contributed by atoms with Crippen LogP contribution in [0, 0.1) is 5.82 Å². The molecule has 1 atom stereocenters. The molecular weight excluding hydrogens is 432 g/mol. The summed E-state index contributed by atoms with van der Waals surface area (Å²) in [6.45, 7) is 4.60. The third-order valence-corrected chi connectivity index (χ3v) is 5.82.